The smallest absolute Gasteiger partial charge is 0.225 e. The van der Waals surface area contributed by atoms with Crippen molar-refractivity contribution in [1.82, 2.24) is 15.1 Å². The van der Waals surface area contributed by atoms with Gasteiger partial charge in [0, 0.05) is 37.1 Å². The van der Waals surface area contributed by atoms with E-state index in [4.69, 9.17) is 0 Å². The van der Waals surface area contributed by atoms with Gasteiger partial charge in [0.2, 0.25) is 5.91 Å². The highest BCUT2D eigenvalue weighted by molar-refractivity contribution is 5.81. The number of nitrogens with one attached hydrogen (secondary N) is 2. The normalized spacial score (nSPS) is 22.2. The minimum atomic E-state index is 0.203. The summed E-state index contributed by atoms with van der Waals surface area (Å²) in [6.45, 7) is 0. The molecule has 2 N–H and O–H groups in total. The summed E-state index contributed by atoms with van der Waals surface area (Å²) >= 11 is 0. The van der Waals surface area contributed by atoms with E-state index in [1.54, 1.807) is 4.90 Å². The van der Waals surface area contributed by atoms with E-state index in [2.05, 4.69) is 27.6 Å². The Balaban J connectivity index is 1.58. The lowest BCUT2D eigenvalue weighted by atomic mass is 9.85. The molecule has 3 rings (SSSR count). The van der Waals surface area contributed by atoms with Crippen molar-refractivity contribution < 1.29 is 4.79 Å². The molecule has 112 valence electrons. The first-order chi connectivity index (χ1) is 10.1. The fourth-order valence-electron chi connectivity index (χ4n) is 3.12. The topological polar surface area (TPSA) is 61.0 Å². The van der Waals surface area contributed by atoms with Crippen molar-refractivity contribution in [2.45, 2.75) is 31.7 Å². The van der Waals surface area contributed by atoms with Crippen LogP contribution in [0.2, 0.25) is 0 Å². The molecule has 0 radical (unpaired) electrons. The zero-order chi connectivity index (χ0) is 14.8. The predicted octanol–water partition coefficient (Wildman–Crippen LogP) is 2.62. The summed E-state index contributed by atoms with van der Waals surface area (Å²) < 4.78 is 0. The van der Waals surface area contributed by atoms with E-state index >= 15 is 0 Å². The number of amides is 1. The SMILES string of the molecule is CN(C)C(=O)C1CCC(Nc2ccc3[nH]ncc3c2)CC1. The predicted molar refractivity (Wildman–Crippen MR) is 84.2 cm³/mol. The molecule has 0 bridgehead atoms. The summed E-state index contributed by atoms with van der Waals surface area (Å²) in [7, 11) is 3.68. The van der Waals surface area contributed by atoms with Gasteiger partial charge in [0.15, 0.2) is 0 Å². The lowest BCUT2D eigenvalue weighted by Gasteiger charge is -2.30. The number of hydrogen-bond acceptors (Lipinski definition) is 3. The number of H-pyrrole nitrogens is 1. The Morgan fingerprint density at radius 3 is 2.76 bits per heavy atom. The molecule has 1 aromatic carbocycles. The van der Waals surface area contributed by atoms with Crippen molar-refractivity contribution in [3.05, 3.63) is 24.4 Å². The molecule has 0 unspecified atom stereocenters. The Morgan fingerprint density at radius 2 is 2.05 bits per heavy atom. The van der Waals surface area contributed by atoms with Crippen LogP contribution in [-0.4, -0.2) is 41.1 Å². The monoisotopic (exact) mass is 286 g/mol. The molecular weight excluding hydrogens is 264 g/mol. The van der Waals surface area contributed by atoms with Gasteiger partial charge in [-0.15, -0.1) is 0 Å². The lowest BCUT2D eigenvalue weighted by molar-refractivity contribution is -0.133. The highest BCUT2D eigenvalue weighted by Gasteiger charge is 2.27. The molecule has 0 atom stereocenters. The van der Waals surface area contributed by atoms with Crippen molar-refractivity contribution in [1.29, 1.82) is 0 Å². The highest BCUT2D eigenvalue weighted by atomic mass is 16.2. The van der Waals surface area contributed by atoms with E-state index in [1.807, 2.05) is 26.4 Å². The molecule has 1 aliphatic carbocycles. The minimum Gasteiger partial charge on any atom is -0.382 e. The first kappa shape index (κ1) is 13.9. The first-order valence-corrected chi connectivity index (χ1v) is 7.54. The van der Waals surface area contributed by atoms with Crippen LogP contribution in [0.1, 0.15) is 25.7 Å². The van der Waals surface area contributed by atoms with E-state index in [9.17, 15) is 4.79 Å². The van der Waals surface area contributed by atoms with Crippen LogP contribution in [0.3, 0.4) is 0 Å². The quantitative estimate of drug-likeness (QED) is 0.912. The molecule has 1 heterocycles. The van der Waals surface area contributed by atoms with Crippen LogP contribution in [-0.2, 0) is 4.79 Å². The van der Waals surface area contributed by atoms with Gasteiger partial charge in [-0.05, 0) is 43.9 Å². The maximum atomic E-state index is 12.0. The van der Waals surface area contributed by atoms with Crippen molar-refractivity contribution in [2.24, 2.45) is 5.92 Å². The number of hydrogen-bond donors (Lipinski definition) is 2. The van der Waals surface area contributed by atoms with E-state index < -0.39 is 0 Å². The molecule has 2 aromatic rings. The fourth-order valence-corrected chi connectivity index (χ4v) is 3.12. The standard InChI is InChI=1S/C16H22N4O/c1-20(2)16(21)11-3-5-13(6-4-11)18-14-7-8-15-12(9-14)10-17-19-15/h7-11,13,18H,3-6H2,1-2H3,(H,17,19). The molecule has 1 fully saturated rings. The maximum absolute atomic E-state index is 12.0. The highest BCUT2D eigenvalue weighted by Crippen LogP contribution is 2.28. The van der Waals surface area contributed by atoms with Crippen LogP contribution >= 0.6 is 0 Å². The molecule has 1 saturated carbocycles. The summed E-state index contributed by atoms with van der Waals surface area (Å²) in [4.78, 5) is 13.7. The fraction of sp³-hybridized carbons (Fsp3) is 0.500. The Kier molecular flexibility index (Phi) is 3.82. The van der Waals surface area contributed by atoms with Gasteiger partial charge in [-0.2, -0.15) is 5.10 Å². The van der Waals surface area contributed by atoms with Gasteiger partial charge >= 0.3 is 0 Å². The zero-order valence-electron chi connectivity index (χ0n) is 12.6. The summed E-state index contributed by atoms with van der Waals surface area (Å²) in [5.74, 6) is 0.475. The summed E-state index contributed by atoms with van der Waals surface area (Å²) in [5.41, 5.74) is 2.19. The molecule has 0 spiro atoms. The second-order valence-corrected chi connectivity index (χ2v) is 6.10. The number of benzene rings is 1. The van der Waals surface area contributed by atoms with E-state index in [1.165, 1.54) is 0 Å². The average Bonchev–Trinajstić information content (AvgIpc) is 2.95. The number of rotatable bonds is 3. The van der Waals surface area contributed by atoms with Crippen LogP contribution in [0.5, 0.6) is 0 Å². The van der Waals surface area contributed by atoms with Crippen molar-refractivity contribution in [3.8, 4) is 0 Å². The van der Waals surface area contributed by atoms with E-state index in [0.717, 1.165) is 42.3 Å². The Bertz CT molecular complexity index is 626. The number of aromatic amines is 1. The molecule has 1 aromatic heterocycles. The third kappa shape index (κ3) is 3.01. The van der Waals surface area contributed by atoms with Crippen molar-refractivity contribution in [2.75, 3.05) is 19.4 Å². The second kappa shape index (κ2) is 5.76. The summed E-state index contributed by atoms with van der Waals surface area (Å²) in [6, 6.07) is 6.71. The van der Waals surface area contributed by atoms with Gasteiger partial charge in [0.25, 0.3) is 0 Å². The number of carbonyl (C=O) groups excluding carboxylic acids is 1. The van der Waals surface area contributed by atoms with Crippen LogP contribution in [0.15, 0.2) is 24.4 Å². The molecule has 0 aliphatic heterocycles. The molecule has 5 heteroatoms. The third-order valence-electron chi connectivity index (χ3n) is 4.33. The van der Waals surface area contributed by atoms with Crippen LogP contribution < -0.4 is 5.32 Å². The third-order valence-corrected chi connectivity index (χ3v) is 4.33. The van der Waals surface area contributed by atoms with Crippen LogP contribution in [0.25, 0.3) is 10.9 Å². The minimum absolute atomic E-state index is 0.203. The van der Waals surface area contributed by atoms with Crippen molar-refractivity contribution in [3.63, 3.8) is 0 Å². The molecule has 1 amide bonds. The van der Waals surface area contributed by atoms with Gasteiger partial charge in [0.05, 0.1) is 11.7 Å². The zero-order valence-corrected chi connectivity index (χ0v) is 12.6. The molecule has 0 saturated heterocycles. The Hall–Kier alpha value is -2.04. The Labute approximate surface area is 124 Å². The number of carbonyl (C=O) groups is 1. The average molecular weight is 286 g/mol. The molecular formula is C16H22N4O. The molecule has 21 heavy (non-hydrogen) atoms. The van der Waals surface area contributed by atoms with Gasteiger partial charge in [0.1, 0.15) is 0 Å². The van der Waals surface area contributed by atoms with Gasteiger partial charge in [-0.3, -0.25) is 9.89 Å². The van der Waals surface area contributed by atoms with Crippen molar-refractivity contribution >= 4 is 22.5 Å². The van der Waals surface area contributed by atoms with Gasteiger partial charge in [-0.25, -0.2) is 0 Å². The Morgan fingerprint density at radius 1 is 1.29 bits per heavy atom. The van der Waals surface area contributed by atoms with Gasteiger partial charge in [-0.1, -0.05) is 0 Å². The molecule has 5 nitrogen and oxygen atoms in total. The van der Waals surface area contributed by atoms with E-state index in [-0.39, 0.29) is 11.8 Å². The largest absolute Gasteiger partial charge is 0.382 e. The lowest BCUT2D eigenvalue weighted by Crippen LogP contribution is -2.35. The first-order valence-electron chi connectivity index (χ1n) is 7.54. The summed E-state index contributed by atoms with van der Waals surface area (Å²) in [6.07, 6.45) is 5.89. The van der Waals surface area contributed by atoms with E-state index in [0.29, 0.717) is 6.04 Å². The van der Waals surface area contributed by atoms with Crippen LogP contribution in [0.4, 0.5) is 5.69 Å². The summed E-state index contributed by atoms with van der Waals surface area (Å²) in [5, 5.41) is 11.7. The van der Waals surface area contributed by atoms with Crippen LogP contribution in [0, 0.1) is 5.92 Å². The number of anilines is 1. The number of fused-ring (bicyclic) bond motifs is 1. The number of aromatic nitrogens is 2. The molecule has 1 aliphatic rings. The number of nitrogens with zero attached hydrogens (tertiary/aromatic N) is 2. The second-order valence-electron chi connectivity index (χ2n) is 6.10. The van der Waals surface area contributed by atoms with Gasteiger partial charge < -0.3 is 10.2 Å². The maximum Gasteiger partial charge on any atom is 0.225 e.